The number of aryl methyl sites for hydroxylation is 1. The van der Waals surface area contributed by atoms with Crippen molar-refractivity contribution in [1.29, 1.82) is 0 Å². The number of carbonyl (C=O) groups excluding carboxylic acids is 1. The lowest BCUT2D eigenvalue weighted by Crippen LogP contribution is -2.16. The first-order valence-electron chi connectivity index (χ1n) is 9.52. The summed E-state index contributed by atoms with van der Waals surface area (Å²) in [6.07, 6.45) is 6.27. The second-order valence-corrected chi connectivity index (χ2v) is 9.45. The fraction of sp³-hybridized carbons (Fsp3) is 0.381. The molecule has 1 aliphatic carbocycles. The molecule has 0 aromatic heterocycles. The van der Waals surface area contributed by atoms with Crippen LogP contribution in [-0.2, 0) is 14.8 Å². The first-order valence-corrected chi connectivity index (χ1v) is 11.4. The first kappa shape index (κ1) is 20.7. The Bertz CT molecular complexity index is 937. The van der Waals surface area contributed by atoms with E-state index >= 15 is 0 Å². The molecule has 0 heterocycles. The second-order valence-electron chi connectivity index (χ2n) is 7.33. The van der Waals surface area contributed by atoms with Crippen LogP contribution in [-0.4, -0.2) is 14.3 Å². The Morgan fingerprint density at radius 2 is 1.79 bits per heavy atom. The Balaban J connectivity index is 1.69. The van der Waals surface area contributed by atoms with Crippen molar-refractivity contribution in [2.75, 3.05) is 10.0 Å². The maximum Gasteiger partial charge on any atom is 0.261 e. The summed E-state index contributed by atoms with van der Waals surface area (Å²) in [5.41, 5.74) is 1.77. The van der Waals surface area contributed by atoms with Gasteiger partial charge in [-0.3, -0.25) is 9.52 Å². The van der Waals surface area contributed by atoms with E-state index in [2.05, 4.69) is 10.0 Å². The van der Waals surface area contributed by atoms with Crippen molar-refractivity contribution in [3.8, 4) is 0 Å². The van der Waals surface area contributed by atoms with Gasteiger partial charge in [-0.1, -0.05) is 43.4 Å². The van der Waals surface area contributed by atoms with Crippen LogP contribution in [0.25, 0.3) is 0 Å². The fourth-order valence-electron chi connectivity index (χ4n) is 3.48. The summed E-state index contributed by atoms with van der Waals surface area (Å²) in [6, 6.07) is 11.2. The second kappa shape index (κ2) is 8.97. The zero-order valence-electron chi connectivity index (χ0n) is 15.9. The van der Waals surface area contributed by atoms with Gasteiger partial charge in [-0.2, -0.15) is 0 Å². The van der Waals surface area contributed by atoms with Gasteiger partial charge >= 0.3 is 0 Å². The Labute approximate surface area is 171 Å². The van der Waals surface area contributed by atoms with Crippen molar-refractivity contribution in [2.24, 2.45) is 5.92 Å². The monoisotopic (exact) mass is 420 g/mol. The summed E-state index contributed by atoms with van der Waals surface area (Å²) in [6.45, 7) is 1.84. The highest BCUT2D eigenvalue weighted by atomic mass is 35.5. The molecule has 0 aliphatic heterocycles. The van der Waals surface area contributed by atoms with E-state index in [0.29, 0.717) is 28.7 Å². The number of halogens is 1. The summed E-state index contributed by atoms with van der Waals surface area (Å²) < 4.78 is 27.9. The van der Waals surface area contributed by atoms with Crippen molar-refractivity contribution in [2.45, 2.75) is 50.3 Å². The van der Waals surface area contributed by atoms with Crippen LogP contribution in [0.5, 0.6) is 0 Å². The van der Waals surface area contributed by atoms with Crippen LogP contribution in [0.15, 0.2) is 47.4 Å². The first-order chi connectivity index (χ1) is 13.3. The van der Waals surface area contributed by atoms with Crippen LogP contribution >= 0.6 is 11.6 Å². The molecule has 1 saturated carbocycles. The highest BCUT2D eigenvalue weighted by molar-refractivity contribution is 7.92. The molecule has 1 fully saturated rings. The molecule has 0 saturated heterocycles. The van der Waals surface area contributed by atoms with Crippen molar-refractivity contribution in [3.05, 3.63) is 53.1 Å². The lowest BCUT2D eigenvalue weighted by molar-refractivity contribution is -0.116. The number of rotatable bonds is 7. The largest absolute Gasteiger partial charge is 0.326 e. The van der Waals surface area contributed by atoms with Gasteiger partial charge in [0.1, 0.15) is 0 Å². The van der Waals surface area contributed by atoms with Crippen LogP contribution in [0.4, 0.5) is 11.4 Å². The van der Waals surface area contributed by atoms with Crippen LogP contribution in [0.2, 0.25) is 5.02 Å². The van der Waals surface area contributed by atoms with E-state index in [1.165, 1.54) is 37.8 Å². The van der Waals surface area contributed by atoms with Gasteiger partial charge in [0.05, 0.1) is 4.90 Å². The average molecular weight is 421 g/mol. The lowest BCUT2D eigenvalue weighted by atomic mass is 10.0. The summed E-state index contributed by atoms with van der Waals surface area (Å²) in [7, 11) is -3.77. The van der Waals surface area contributed by atoms with E-state index in [1.807, 2.05) is 6.92 Å². The predicted molar refractivity (Wildman–Crippen MR) is 113 cm³/mol. The zero-order chi connectivity index (χ0) is 20.1. The lowest BCUT2D eigenvalue weighted by Gasteiger charge is -2.13. The smallest absolute Gasteiger partial charge is 0.261 e. The van der Waals surface area contributed by atoms with E-state index in [1.54, 1.807) is 30.3 Å². The molecule has 1 aliphatic rings. The minimum Gasteiger partial charge on any atom is -0.326 e. The van der Waals surface area contributed by atoms with Gasteiger partial charge in [0, 0.05) is 22.8 Å². The Morgan fingerprint density at radius 3 is 2.46 bits per heavy atom. The van der Waals surface area contributed by atoms with Crippen LogP contribution in [0.3, 0.4) is 0 Å². The maximum absolute atomic E-state index is 12.7. The topological polar surface area (TPSA) is 75.3 Å². The van der Waals surface area contributed by atoms with Gasteiger partial charge in [0.15, 0.2) is 0 Å². The highest BCUT2D eigenvalue weighted by Crippen LogP contribution is 2.29. The molecule has 150 valence electrons. The molecule has 7 heteroatoms. The fourth-order valence-corrected chi connectivity index (χ4v) is 4.69. The molecule has 0 radical (unpaired) electrons. The quantitative estimate of drug-likeness (QED) is 0.633. The van der Waals surface area contributed by atoms with Crippen LogP contribution in [0.1, 0.15) is 44.1 Å². The number of nitrogens with one attached hydrogen (secondary N) is 2. The number of hydrogen-bond acceptors (Lipinski definition) is 3. The predicted octanol–water partition coefficient (Wildman–Crippen LogP) is 5.36. The minimum absolute atomic E-state index is 0.0739. The van der Waals surface area contributed by atoms with Crippen molar-refractivity contribution >= 4 is 38.9 Å². The summed E-state index contributed by atoms with van der Waals surface area (Å²) in [4.78, 5) is 12.4. The van der Waals surface area contributed by atoms with Crippen LogP contribution in [0, 0.1) is 12.8 Å². The van der Waals surface area contributed by atoms with Crippen molar-refractivity contribution in [1.82, 2.24) is 0 Å². The Morgan fingerprint density at radius 1 is 1.11 bits per heavy atom. The maximum atomic E-state index is 12.7. The molecule has 1 amide bonds. The Kier molecular flexibility index (Phi) is 6.62. The van der Waals surface area contributed by atoms with Crippen LogP contribution < -0.4 is 10.0 Å². The van der Waals surface area contributed by atoms with Gasteiger partial charge in [0.2, 0.25) is 5.91 Å². The van der Waals surface area contributed by atoms with Crippen molar-refractivity contribution in [3.63, 3.8) is 0 Å². The highest BCUT2D eigenvalue weighted by Gasteiger charge is 2.18. The van der Waals surface area contributed by atoms with Gasteiger partial charge < -0.3 is 5.32 Å². The van der Waals surface area contributed by atoms with Gasteiger partial charge in [-0.25, -0.2) is 8.42 Å². The molecule has 2 N–H and O–H groups in total. The van der Waals surface area contributed by atoms with Crippen molar-refractivity contribution < 1.29 is 13.2 Å². The van der Waals surface area contributed by atoms with E-state index < -0.39 is 10.0 Å². The molecular formula is C21H25ClN2O3S. The minimum atomic E-state index is -3.77. The zero-order valence-corrected chi connectivity index (χ0v) is 17.4. The average Bonchev–Trinajstić information content (AvgIpc) is 3.17. The van der Waals surface area contributed by atoms with Gasteiger partial charge in [-0.15, -0.1) is 0 Å². The van der Waals surface area contributed by atoms with E-state index in [-0.39, 0.29) is 10.8 Å². The third-order valence-corrected chi connectivity index (χ3v) is 6.78. The van der Waals surface area contributed by atoms with Gasteiger partial charge in [-0.05, 0) is 61.2 Å². The summed E-state index contributed by atoms with van der Waals surface area (Å²) in [5, 5.41) is 3.40. The van der Waals surface area contributed by atoms with Gasteiger partial charge in [0.25, 0.3) is 10.0 Å². The molecule has 2 aromatic carbocycles. The molecule has 3 rings (SSSR count). The molecule has 0 unspecified atom stereocenters. The number of carbonyl (C=O) groups is 1. The molecule has 0 bridgehead atoms. The molecule has 2 aromatic rings. The van der Waals surface area contributed by atoms with E-state index in [4.69, 9.17) is 11.6 Å². The summed E-state index contributed by atoms with van der Waals surface area (Å²) >= 11 is 5.84. The third kappa shape index (κ3) is 5.49. The molecule has 0 spiro atoms. The van der Waals surface area contributed by atoms with E-state index in [9.17, 15) is 13.2 Å². The number of benzene rings is 2. The number of amides is 1. The molecule has 0 atom stereocenters. The Hall–Kier alpha value is -2.05. The number of anilines is 2. The molecule has 5 nitrogen and oxygen atoms in total. The number of sulfonamides is 1. The molecule has 28 heavy (non-hydrogen) atoms. The molecular weight excluding hydrogens is 396 g/mol. The SMILES string of the molecule is Cc1ccc(S(=O)(=O)Nc2ccc(Cl)cc2)cc1NC(=O)CCC1CCCC1. The summed E-state index contributed by atoms with van der Waals surface area (Å²) in [5.74, 6) is 0.567. The number of hydrogen-bond donors (Lipinski definition) is 2. The standard InChI is InChI=1S/C21H25ClN2O3S/c1-15-6-12-19(28(26,27)24-18-10-8-17(22)9-11-18)14-20(15)23-21(25)13-7-16-4-2-3-5-16/h6,8-12,14,16,24H,2-5,7,13H2,1H3,(H,23,25). The van der Waals surface area contributed by atoms with E-state index in [0.717, 1.165) is 12.0 Å². The normalized spacial score (nSPS) is 14.8. The third-order valence-electron chi connectivity index (χ3n) is 5.14.